The van der Waals surface area contributed by atoms with Crippen LogP contribution < -0.4 is 10.1 Å². The van der Waals surface area contributed by atoms with Gasteiger partial charge >= 0.3 is 0 Å². The first-order chi connectivity index (χ1) is 16.6. The van der Waals surface area contributed by atoms with E-state index >= 15 is 0 Å². The molecule has 0 bridgehead atoms. The second-order valence-corrected chi connectivity index (χ2v) is 9.63. The third kappa shape index (κ3) is 5.66. The van der Waals surface area contributed by atoms with E-state index in [1.165, 1.54) is 11.1 Å². The third-order valence-electron chi connectivity index (χ3n) is 7.18. The fourth-order valence-electron chi connectivity index (χ4n) is 5.21. The summed E-state index contributed by atoms with van der Waals surface area (Å²) in [7, 11) is 0. The van der Waals surface area contributed by atoms with E-state index in [0.29, 0.717) is 12.8 Å². The van der Waals surface area contributed by atoms with Crippen molar-refractivity contribution in [3.63, 3.8) is 0 Å². The Morgan fingerprint density at radius 3 is 2.76 bits per heavy atom. The van der Waals surface area contributed by atoms with Crippen LogP contribution in [0, 0.1) is 23.7 Å². The summed E-state index contributed by atoms with van der Waals surface area (Å²) >= 11 is 0. The average molecular weight is 460 g/mol. The molecule has 0 saturated heterocycles. The Morgan fingerprint density at radius 1 is 1.15 bits per heavy atom. The fraction of sp³-hybridized carbons (Fsp3) is 0.467. The van der Waals surface area contributed by atoms with E-state index in [2.05, 4.69) is 47.5 Å². The zero-order valence-electron chi connectivity index (χ0n) is 20.3. The second-order valence-electron chi connectivity index (χ2n) is 9.63. The maximum absolute atomic E-state index is 10.7. The number of anilines is 1. The van der Waals surface area contributed by atoms with Crippen molar-refractivity contribution < 1.29 is 14.9 Å². The lowest BCUT2D eigenvalue weighted by atomic mass is 9.86. The number of aliphatic hydroxyl groups excluding tert-OH is 2. The molecule has 0 unspecified atom stereocenters. The van der Waals surface area contributed by atoms with Crippen LogP contribution in [0.3, 0.4) is 0 Å². The maximum atomic E-state index is 10.7. The molecule has 4 heteroatoms. The van der Waals surface area contributed by atoms with Crippen LogP contribution in [0.15, 0.2) is 60.7 Å². The van der Waals surface area contributed by atoms with E-state index in [-0.39, 0.29) is 23.9 Å². The molecule has 1 fully saturated rings. The molecular weight excluding hydrogens is 422 g/mol. The Balaban J connectivity index is 1.37. The monoisotopic (exact) mass is 459 g/mol. The normalized spacial score (nSPS) is 24.6. The van der Waals surface area contributed by atoms with Crippen molar-refractivity contribution in [2.75, 3.05) is 11.9 Å². The maximum Gasteiger partial charge on any atom is 0.126 e. The topological polar surface area (TPSA) is 61.7 Å². The molecule has 0 radical (unpaired) electrons. The zero-order chi connectivity index (χ0) is 23.9. The lowest BCUT2D eigenvalue weighted by Gasteiger charge is -2.19. The number of hydrogen-bond donors (Lipinski definition) is 3. The second kappa shape index (κ2) is 11.6. The van der Waals surface area contributed by atoms with E-state index in [9.17, 15) is 10.2 Å². The molecule has 0 spiro atoms. The van der Waals surface area contributed by atoms with Crippen LogP contribution in [0.4, 0.5) is 5.69 Å². The van der Waals surface area contributed by atoms with Crippen molar-refractivity contribution in [2.24, 2.45) is 11.8 Å². The van der Waals surface area contributed by atoms with Crippen LogP contribution in [0.25, 0.3) is 0 Å². The highest BCUT2D eigenvalue weighted by Gasteiger charge is 2.48. The number of hydrogen-bond acceptors (Lipinski definition) is 4. The van der Waals surface area contributed by atoms with Crippen LogP contribution in [0.5, 0.6) is 5.75 Å². The van der Waals surface area contributed by atoms with Crippen molar-refractivity contribution in [2.45, 2.75) is 70.2 Å². The van der Waals surface area contributed by atoms with Gasteiger partial charge in [0.05, 0.1) is 12.2 Å². The summed E-state index contributed by atoms with van der Waals surface area (Å²) in [6.07, 6.45) is 7.29. The quantitative estimate of drug-likeness (QED) is 0.256. The molecule has 0 aromatic heterocycles. The van der Waals surface area contributed by atoms with Gasteiger partial charge in [-0.25, -0.2) is 0 Å². The lowest BCUT2D eigenvalue weighted by Crippen LogP contribution is -2.19. The Bertz CT molecular complexity index is 1020. The van der Waals surface area contributed by atoms with Crippen molar-refractivity contribution in [1.82, 2.24) is 0 Å². The molecule has 4 nitrogen and oxygen atoms in total. The number of ether oxygens (including phenoxy) is 1. The predicted molar refractivity (Wildman–Crippen MR) is 138 cm³/mol. The zero-order valence-corrected chi connectivity index (χ0v) is 20.3. The molecular formula is C30H37NO3. The molecule has 2 aromatic carbocycles. The number of nitrogens with one attached hydrogen (secondary N) is 1. The number of rotatable bonds is 10. The Labute approximate surface area is 204 Å². The van der Waals surface area contributed by atoms with Crippen LogP contribution >= 0.6 is 0 Å². The summed E-state index contributed by atoms with van der Waals surface area (Å²) in [5, 5.41) is 24.7. The van der Waals surface area contributed by atoms with Crippen LogP contribution in [0.1, 0.15) is 56.6 Å². The summed E-state index contributed by atoms with van der Waals surface area (Å²) in [5.74, 6) is 7.10. The van der Waals surface area contributed by atoms with Crippen molar-refractivity contribution in [1.29, 1.82) is 0 Å². The fourth-order valence-corrected chi connectivity index (χ4v) is 5.21. The molecule has 1 aliphatic carbocycles. The van der Waals surface area contributed by atoms with Crippen molar-refractivity contribution in [3.05, 3.63) is 71.8 Å². The highest BCUT2D eigenvalue weighted by atomic mass is 16.5. The molecule has 3 N–H and O–H groups in total. The Kier molecular flexibility index (Phi) is 8.32. The average Bonchev–Trinajstić information content (AvgIpc) is 3.36. The number of unbranched alkanes of at least 4 members (excludes halogenated alkanes) is 1. The first-order valence-corrected chi connectivity index (χ1v) is 12.6. The largest absolute Gasteiger partial charge is 0.489 e. The number of aryl methyl sites for hydroxylation is 1. The molecule has 2 aromatic rings. The van der Waals surface area contributed by atoms with Gasteiger partial charge in [0.25, 0.3) is 0 Å². The number of aliphatic hydroxyl groups is 2. The minimum Gasteiger partial charge on any atom is -0.489 e. The number of benzene rings is 2. The molecule has 1 aliphatic heterocycles. The van der Waals surface area contributed by atoms with Gasteiger partial charge in [-0.05, 0) is 49.8 Å². The van der Waals surface area contributed by atoms with Gasteiger partial charge in [0, 0.05) is 42.5 Å². The summed E-state index contributed by atoms with van der Waals surface area (Å²) in [4.78, 5) is 0. The first kappa shape index (κ1) is 24.4. The molecule has 0 amide bonds. The van der Waals surface area contributed by atoms with Crippen molar-refractivity contribution >= 4 is 5.69 Å². The minimum absolute atomic E-state index is 0.000992. The number of para-hydroxylation sites is 2. The van der Waals surface area contributed by atoms with Crippen molar-refractivity contribution in [3.8, 4) is 17.6 Å². The first-order valence-electron chi connectivity index (χ1n) is 12.6. The summed E-state index contributed by atoms with van der Waals surface area (Å²) < 4.78 is 6.41. The molecule has 2 aliphatic rings. The van der Waals surface area contributed by atoms with E-state index in [0.717, 1.165) is 37.2 Å². The molecule has 4 rings (SSSR count). The molecule has 6 atom stereocenters. The van der Waals surface area contributed by atoms with Crippen LogP contribution in [0.2, 0.25) is 0 Å². The molecule has 180 valence electrons. The van der Waals surface area contributed by atoms with E-state index < -0.39 is 12.2 Å². The van der Waals surface area contributed by atoms with E-state index in [1.54, 1.807) is 0 Å². The van der Waals surface area contributed by atoms with Gasteiger partial charge < -0.3 is 20.3 Å². The van der Waals surface area contributed by atoms with Gasteiger partial charge in [-0.15, -0.1) is 11.8 Å². The minimum atomic E-state index is -0.565. The van der Waals surface area contributed by atoms with Crippen LogP contribution in [-0.4, -0.2) is 35.1 Å². The summed E-state index contributed by atoms with van der Waals surface area (Å²) in [6, 6.07) is 16.7. The van der Waals surface area contributed by atoms with E-state index in [1.807, 2.05) is 44.2 Å². The predicted octanol–water partition coefficient (Wildman–Crippen LogP) is 5.31. The third-order valence-corrected chi connectivity index (χ3v) is 7.18. The Morgan fingerprint density at radius 2 is 1.97 bits per heavy atom. The van der Waals surface area contributed by atoms with Crippen LogP contribution in [-0.2, 0) is 6.42 Å². The Hall–Kier alpha value is -2.74. The standard InChI is InChI=1S/C30H37NO3/c1-3-4-11-21(2)26(32)18-17-24-27(33)20-28-29(24)25-16-10-13-22(30(25)34-28)12-8-9-19-31-23-14-6-5-7-15-23/h5-7,10,13-18,21,24,26-29,31-33H,8-9,11-12,19-20H2,1-2H3/b18-17+/t21-,24-,26+,27+,28-,29-/m0/s1. The highest BCUT2D eigenvalue weighted by Crippen LogP contribution is 2.52. The van der Waals surface area contributed by atoms with Gasteiger partial charge in [-0.1, -0.05) is 55.5 Å². The molecule has 1 heterocycles. The molecule has 34 heavy (non-hydrogen) atoms. The van der Waals surface area contributed by atoms with Gasteiger partial charge in [0.2, 0.25) is 0 Å². The molecule has 1 saturated carbocycles. The van der Waals surface area contributed by atoms with Gasteiger partial charge in [0.1, 0.15) is 11.9 Å². The van der Waals surface area contributed by atoms with Gasteiger partial charge in [-0.2, -0.15) is 0 Å². The summed E-state index contributed by atoms with van der Waals surface area (Å²) in [5.41, 5.74) is 3.63. The van der Waals surface area contributed by atoms with Gasteiger partial charge in [0.15, 0.2) is 0 Å². The SMILES string of the molecule is CC#CC[C@H](C)[C@H](O)/C=C/[C@@H]1[C@H]2c3cccc(CCCCNc4ccccc4)c3O[C@H]2C[C@H]1O. The lowest BCUT2D eigenvalue weighted by molar-refractivity contribution is 0.134. The van der Waals surface area contributed by atoms with E-state index in [4.69, 9.17) is 4.74 Å². The summed E-state index contributed by atoms with van der Waals surface area (Å²) in [6.45, 7) is 4.77. The number of fused-ring (bicyclic) bond motifs is 3. The van der Waals surface area contributed by atoms with Gasteiger partial charge in [-0.3, -0.25) is 0 Å². The highest BCUT2D eigenvalue weighted by molar-refractivity contribution is 5.49. The smallest absolute Gasteiger partial charge is 0.126 e.